The van der Waals surface area contributed by atoms with Crippen molar-refractivity contribution < 1.29 is 23.5 Å². The minimum absolute atomic E-state index is 0.00411. The number of carbonyl (C=O) groups excluding carboxylic acids is 3. The van der Waals surface area contributed by atoms with Gasteiger partial charge in [-0.1, -0.05) is 40.3 Å². The average Bonchev–Trinajstić information content (AvgIpc) is 3.56. The minimum atomic E-state index is -2.14. The Morgan fingerprint density at radius 2 is 2.02 bits per heavy atom. The van der Waals surface area contributed by atoms with Gasteiger partial charge in [-0.2, -0.15) is 0 Å². The van der Waals surface area contributed by atoms with Gasteiger partial charge in [-0.15, -0.1) is 11.3 Å². The van der Waals surface area contributed by atoms with Gasteiger partial charge in [-0.25, -0.2) is 9.78 Å². The van der Waals surface area contributed by atoms with Crippen LogP contribution >= 0.6 is 11.3 Å². The molecule has 5 heterocycles. The van der Waals surface area contributed by atoms with Crippen LogP contribution in [0.2, 0.25) is 18.1 Å². The number of β-lactam (4-membered cyclic amide) rings is 1. The number of carbonyl (C=O) groups is 3. The van der Waals surface area contributed by atoms with Crippen LogP contribution in [0.5, 0.6) is 0 Å². The van der Waals surface area contributed by atoms with Gasteiger partial charge in [0.2, 0.25) is 11.7 Å². The molecule has 9 nitrogen and oxygen atoms in total. The Balaban J connectivity index is 1.53. The molecule has 2 aliphatic rings. The van der Waals surface area contributed by atoms with Crippen LogP contribution < -0.4 is 0 Å². The Hall–Kier alpha value is -3.41. The standard InChI is InChI=1S/C30H36N4O5SSi/c1-9-13-38-29(37)25-21(17(2)24-22(27(36)34(24)25)18(3)39-41(7,8)30(4,5)6)20-15-33-16-32-23(28(33)40-20)26(35)19-11-10-12-31-14-19/h9-12,14-18,22,24H,1,13H2,2-8H3/t17-,18-,22+,24+/m0/s1. The molecule has 216 valence electrons. The Morgan fingerprint density at radius 3 is 2.66 bits per heavy atom. The van der Waals surface area contributed by atoms with E-state index in [9.17, 15) is 14.4 Å². The normalized spacial score (nSPS) is 21.6. The highest BCUT2D eigenvalue weighted by Gasteiger charge is 2.61. The summed E-state index contributed by atoms with van der Waals surface area (Å²) in [6.45, 7) is 18.6. The van der Waals surface area contributed by atoms with E-state index in [2.05, 4.69) is 50.4 Å². The number of ether oxygens (including phenoxy) is 1. The van der Waals surface area contributed by atoms with Crippen molar-refractivity contribution in [3.63, 3.8) is 0 Å². The lowest BCUT2D eigenvalue weighted by molar-refractivity contribution is -0.163. The molecule has 0 spiro atoms. The highest BCUT2D eigenvalue weighted by atomic mass is 32.1. The van der Waals surface area contributed by atoms with Crippen molar-refractivity contribution >= 4 is 47.7 Å². The summed E-state index contributed by atoms with van der Waals surface area (Å²) in [5, 5.41) is -0.00411. The molecule has 3 aromatic rings. The summed E-state index contributed by atoms with van der Waals surface area (Å²) >= 11 is 1.37. The van der Waals surface area contributed by atoms with Crippen LogP contribution in [0.4, 0.5) is 0 Å². The molecule has 0 unspecified atom stereocenters. The zero-order valence-corrected chi connectivity index (χ0v) is 26.3. The van der Waals surface area contributed by atoms with Crippen LogP contribution in [0.15, 0.2) is 55.4 Å². The van der Waals surface area contributed by atoms with E-state index >= 15 is 0 Å². The molecule has 0 saturated carbocycles. The fourth-order valence-electron chi connectivity index (χ4n) is 5.50. The number of ketones is 1. The third-order valence-corrected chi connectivity index (χ3v) is 14.3. The van der Waals surface area contributed by atoms with Crippen LogP contribution in [0.3, 0.4) is 0 Å². The molecular formula is C30H36N4O5SSi. The fraction of sp³-hybridized carbons (Fsp3) is 0.433. The molecule has 1 amide bonds. The topological polar surface area (TPSA) is 103 Å². The molecule has 4 atom stereocenters. The first kappa shape index (κ1) is 29.1. The third kappa shape index (κ3) is 4.79. The zero-order valence-electron chi connectivity index (χ0n) is 24.5. The quantitative estimate of drug-likeness (QED) is 0.109. The number of aromatic nitrogens is 3. The number of fused-ring (bicyclic) bond motifs is 2. The first-order valence-corrected chi connectivity index (χ1v) is 17.5. The van der Waals surface area contributed by atoms with Crippen LogP contribution in [-0.2, 0) is 18.8 Å². The molecule has 1 fully saturated rings. The van der Waals surface area contributed by atoms with E-state index < -0.39 is 14.3 Å². The maximum absolute atomic E-state index is 13.7. The Morgan fingerprint density at radius 1 is 1.29 bits per heavy atom. The van der Waals surface area contributed by atoms with Gasteiger partial charge in [0.15, 0.2) is 8.32 Å². The molecular weight excluding hydrogens is 557 g/mol. The van der Waals surface area contributed by atoms with E-state index in [1.165, 1.54) is 23.6 Å². The van der Waals surface area contributed by atoms with Gasteiger partial charge in [-0.05, 0) is 37.2 Å². The van der Waals surface area contributed by atoms with E-state index in [0.29, 0.717) is 16.1 Å². The molecule has 0 aromatic carbocycles. The highest BCUT2D eigenvalue weighted by Crippen LogP contribution is 2.53. The van der Waals surface area contributed by atoms with Gasteiger partial charge < -0.3 is 14.1 Å². The summed E-state index contributed by atoms with van der Waals surface area (Å²) < 4.78 is 13.9. The molecule has 0 radical (unpaired) electrons. The molecule has 2 aliphatic heterocycles. The van der Waals surface area contributed by atoms with Crippen LogP contribution in [0.1, 0.15) is 55.5 Å². The van der Waals surface area contributed by atoms with Crippen molar-refractivity contribution in [2.45, 2.75) is 64.9 Å². The van der Waals surface area contributed by atoms with Crippen molar-refractivity contribution in [2.24, 2.45) is 11.8 Å². The number of amides is 1. The van der Waals surface area contributed by atoms with Gasteiger partial charge in [0, 0.05) is 35.6 Å². The number of esters is 1. The second-order valence-electron chi connectivity index (χ2n) is 12.2. The minimum Gasteiger partial charge on any atom is -0.457 e. The number of rotatable bonds is 9. The molecule has 1 saturated heterocycles. The Labute approximate surface area is 245 Å². The molecule has 5 rings (SSSR count). The van der Waals surface area contributed by atoms with Gasteiger partial charge >= 0.3 is 5.97 Å². The lowest BCUT2D eigenvalue weighted by Gasteiger charge is -2.50. The molecule has 11 heteroatoms. The molecule has 3 aromatic heterocycles. The number of hydrogen-bond acceptors (Lipinski definition) is 8. The SMILES string of the molecule is C=CCOC(=O)C1=C(c2cn3cnc(C(=O)c4cccnc4)c3s2)[C@H](C)[C@@H]2[C@@H]([C@H](C)O[Si](C)(C)C(C)(C)C)C(=O)N12. The molecule has 0 N–H and O–H groups in total. The first-order valence-electron chi connectivity index (χ1n) is 13.7. The van der Waals surface area contributed by atoms with Gasteiger partial charge in [0.05, 0.1) is 22.9 Å². The Kier molecular flexibility index (Phi) is 7.42. The zero-order chi connectivity index (χ0) is 29.9. The van der Waals surface area contributed by atoms with Crippen LogP contribution in [-0.4, -0.2) is 64.0 Å². The van der Waals surface area contributed by atoms with Crippen molar-refractivity contribution in [3.8, 4) is 0 Å². The molecule has 0 aliphatic carbocycles. The predicted octanol–water partition coefficient (Wildman–Crippen LogP) is 5.35. The summed E-state index contributed by atoms with van der Waals surface area (Å²) in [4.78, 5) is 51.7. The second kappa shape index (κ2) is 10.5. The first-order chi connectivity index (χ1) is 19.3. The molecule has 41 heavy (non-hydrogen) atoms. The number of pyridine rings is 1. The maximum atomic E-state index is 13.7. The van der Waals surface area contributed by atoms with Gasteiger partial charge in [0.25, 0.3) is 0 Å². The molecule has 0 bridgehead atoms. The van der Waals surface area contributed by atoms with Crippen LogP contribution in [0, 0.1) is 11.8 Å². The van der Waals surface area contributed by atoms with E-state index in [4.69, 9.17) is 9.16 Å². The average molecular weight is 593 g/mol. The summed E-state index contributed by atoms with van der Waals surface area (Å²) in [7, 11) is -2.14. The van der Waals surface area contributed by atoms with E-state index in [1.807, 2.05) is 20.0 Å². The maximum Gasteiger partial charge on any atom is 0.355 e. The highest BCUT2D eigenvalue weighted by molar-refractivity contribution is 7.18. The predicted molar refractivity (Wildman–Crippen MR) is 160 cm³/mol. The summed E-state index contributed by atoms with van der Waals surface area (Å²) in [6.07, 6.45) is 7.78. The van der Waals surface area contributed by atoms with Crippen molar-refractivity contribution in [1.82, 2.24) is 19.3 Å². The summed E-state index contributed by atoms with van der Waals surface area (Å²) in [5.74, 6) is -1.48. The van der Waals surface area contributed by atoms with Crippen molar-refractivity contribution in [2.75, 3.05) is 6.61 Å². The van der Waals surface area contributed by atoms with Crippen LogP contribution in [0.25, 0.3) is 10.4 Å². The lowest BCUT2D eigenvalue weighted by atomic mass is 9.77. The number of imidazole rings is 1. The summed E-state index contributed by atoms with van der Waals surface area (Å²) in [6, 6.07) is 3.17. The second-order valence-corrected chi connectivity index (χ2v) is 18.0. The number of hydrogen-bond donors (Lipinski definition) is 0. The van der Waals surface area contributed by atoms with E-state index in [-0.39, 0.29) is 53.0 Å². The number of thiazole rings is 1. The van der Waals surface area contributed by atoms with E-state index in [1.54, 1.807) is 34.0 Å². The lowest BCUT2D eigenvalue weighted by Crippen LogP contribution is -2.65. The fourth-order valence-corrected chi connectivity index (χ4v) is 8.15. The van der Waals surface area contributed by atoms with Gasteiger partial charge in [-0.3, -0.25) is 19.0 Å². The van der Waals surface area contributed by atoms with Gasteiger partial charge in [0.1, 0.15) is 29.2 Å². The third-order valence-electron chi connectivity index (χ3n) is 8.59. The monoisotopic (exact) mass is 592 g/mol. The van der Waals surface area contributed by atoms with E-state index in [0.717, 1.165) is 10.5 Å². The van der Waals surface area contributed by atoms with Crippen molar-refractivity contribution in [3.05, 3.63) is 71.5 Å². The summed E-state index contributed by atoms with van der Waals surface area (Å²) in [5.41, 5.74) is 1.74. The number of nitrogens with zero attached hydrogens (tertiary/aromatic N) is 4. The smallest absolute Gasteiger partial charge is 0.355 e. The largest absolute Gasteiger partial charge is 0.457 e. The van der Waals surface area contributed by atoms with Crippen molar-refractivity contribution in [1.29, 1.82) is 0 Å². The Bertz CT molecular complexity index is 1570.